The van der Waals surface area contributed by atoms with Crippen LogP contribution in [-0.4, -0.2) is 61.0 Å². The molecule has 2 heterocycles. The van der Waals surface area contributed by atoms with Crippen molar-refractivity contribution in [3.63, 3.8) is 0 Å². The van der Waals surface area contributed by atoms with Crippen LogP contribution in [0.4, 0.5) is 0 Å². The zero-order valence-electron chi connectivity index (χ0n) is 12.5. The molecular formula is C15H29N3O. The van der Waals surface area contributed by atoms with Crippen LogP contribution in [0.15, 0.2) is 0 Å². The maximum atomic E-state index is 12.5. The molecule has 2 saturated heterocycles. The minimum absolute atomic E-state index is 0.284. The lowest BCUT2D eigenvalue weighted by Crippen LogP contribution is -2.49. The van der Waals surface area contributed by atoms with Gasteiger partial charge in [-0.1, -0.05) is 13.8 Å². The molecule has 0 radical (unpaired) electrons. The van der Waals surface area contributed by atoms with Gasteiger partial charge in [-0.25, -0.2) is 0 Å². The van der Waals surface area contributed by atoms with Gasteiger partial charge in [-0.15, -0.1) is 0 Å². The summed E-state index contributed by atoms with van der Waals surface area (Å²) in [5.74, 6) is 0.700. The molecule has 2 aliphatic rings. The van der Waals surface area contributed by atoms with Crippen molar-refractivity contribution in [2.45, 2.75) is 45.6 Å². The van der Waals surface area contributed by atoms with Crippen LogP contribution in [0.5, 0.6) is 0 Å². The van der Waals surface area contributed by atoms with Crippen molar-refractivity contribution in [3.05, 3.63) is 0 Å². The average molecular weight is 267 g/mol. The molecule has 0 aliphatic carbocycles. The fourth-order valence-corrected chi connectivity index (χ4v) is 3.52. The van der Waals surface area contributed by atoms with Crippen molar-refractivity contribution in [2.24, 2.45) is 5.92 Å². The number of likely N-dealkylation sites (tertiary alicyclic amines) is 1. The number of nitrogens with one attached hydrogen (secondary N) is 1. The molecular weight excluding hydrogens is 238 g/mol. The lowest BCUT2D eigenvalue weighted by molar-refractivity contribution is -0.138. The van der Waals surface area contributed by atoms with E-state index < -0.39 is 0 Å². The molecule has 0 aromatic heterocycles. The van der Waals surface area contributed by atoms with Crippen LogP contribution in [0.1, 0.15) is 39.5 Å². The third kappa shape index (κ3) is 3.69. The monoisotopic (exact) mass is 267 g/mol. The van der Waals surface area contributed by atoms with E-state index in [1.165, 1.54) is 0 Å². The maximum Gasteiger partial charge on any atom is 0.225 e. The largest absolute Gasteiger partial charge is 0.342 e. The van der Waals surface area contributed by atoms with Gasteiger partial charge in [-0.3, -0.25) is 4.79 Å². The Bertz CT molecular complexity index is 277. The molecule has 19 heavy (non-hydrogen) atoms. The van der Waals surface area contributed by atoms with E-state index in [4.69, 9.17) is 0 Å². The molecule has 110 valence electrons. The number of nitrogens with zero attached hydrogens (tertiary/aromatic N) is 2. The Kier molecular flexibility index (Phi) is 5.64. The van der Waals surface area contributed by atoms with Gasteiger partial charge in [0.05, 0.1) is 0 Å². The highest BCUT2D eigenvalue weighted by Crippen LogP contribution is 2.21. The Hall–Kier alpha value is -0.610. The quantitative estimate of drug-likeness (QED) is 0.834. The Balaban J connectivity index is 1.80. The minimum atomic E-state index is 0.284. The van der Waals surface area contributed by atoms with E-state index in [0.717, 1.165) is 65.0 Å². The first-order valence-electron chi connectivity index (χ1n) is 7.99. The lowest BCUT2D eigenvalue weighted by atomic mass is 9.94. The number of hydrogen-bond acceptors (Lipinski definition) is 3. The van der Waals surface area contributed by atoms with E-state index in [0.29, 0.717) is 11.9 Å². The molecule has 0 bridgehead atoms. The van der Waals surface area contributed by atoms with Gasteiger partial charge in [0.2, 0.25) is 5.91 Å². The van der Waals surface area contributed by atoms with E-state index in [1.807, 2.05) is 0 Å². The second-order valence-corrected chi connectivity index (χ2v) is 5.80. The summed E-state index contributed by atoms with van der Waals surface area (Å²) >= 11 is 0. The molecule has 0 unspecified atom stereocenters. The number of carbonyl (C=O) groups excluding carboxylic acids is 1. The van der Waals surface area contributed by atoms with E-state index in [1.54, 1.807) is 0 Å². The third-order valence-corrected chi connectivity index (χ3v) is 4.79. The van der Waals surface area contributed by atoms with Crippen LogP contribution in [0, 0.1) is 5.92 Å². The first-order valence-corrected chi connectivity index (χ1v) is 7.99. The summed E-state index contributed by atoms with van der Waals surface area (Å²) in [6.45, 7) is 10.7. The summed E-state index contributed by atoms with van der Waals surface area (Å²) in [5.41, 5.74) is 0. The molecule has 2 rings (SSSR count). The summed E-state index contributed by atoms with van der Waals surface area (Å²) in [6, 6.07) is 0.687. The van der Waals surface area contributed by atoms with Gasteiger partial charge in [0.15, 0.2) is 0 Å². The molecule has 1 N–H and O–H groups in total. The van der Waals surface area contributed by atoms with Gasteiger partial charge < -0.3 is 15.1 Å². The summed E-state index contributed by atoms with van der Waals surface area (Å²) in [7, 11) is 0. The molecule has 4 nitrogen and oxygen atoms in total. The smallest absolute Gasteiger partial charge is 0.225 e. The predicted octanol–water partition coefficient (Wildman–Crippen LogP) is 1.32. The first kappa shape index (κ1) is 14.8. The van der Waals surface area contributed by atoms with E-state index in [-0.39, 0.29) is 5.92 Å². The normalized spacial score (nSPS) is 23.0. The van der Waals surface area contributed by atoms with Gasteiger partial charge in [0, 0.05) is 25.0 Å². The second-order valence-electron chi connectivity index (χ2n) is 5.80. The van der Waals surface area contributed by atoms with Gasteiger partial charge in [0.1, 0.15) is 0 Å². The van der Waals surface area contributed by atoms with Crippen LogP contribution in [0.3, 0.4) is 0 Å². The lowest BCUT2D eigenvalue weighted by Gasteiger charge is -2.39. The molecule has 2 fully saturated rings. The molecule has 0 atom stereocenters. The summed E-state index contributed by atoms with van der Waals surface area (Å²) < 4.78 is 0. The Morgan fingerprint density at radius 2 is 1.68 bits per heavy atom. The summed E-state index contributed by atoms with van der Waals surface area (Å²) in [4.78, 5) is 17.1. The average Bonchev–Trinajstić information content (AvgIpc) is 2.49. The summed E-state index contributed by atoms with van der Waals surface area (Å²) in [5, 5.41) is 3.33. The summed E-state index contributed by atoms with van der Waals surface area (Å²) in [6.07, 6.45) is 4.35. The van der Waals surface area contributed by atoms with E-state index in [2.05, 4.69) is 29.0 Å². The van der Waals surface area contributed by atoms with Crippen LogP contribution in [0.25, 0.3) is 0 Å². The first-order chi connectivity index (χ1) is 9.26. The molecule has 4 heteroatoms. The second kappa shape index (κ2) is 7.25. The fraction of sp³-hybridized carbons (Fsp3) is 0.933. The van der Waals surface area contributed by atoms with Gasteiger partial charge in [-0.05, 0) is 51.9 Å². The molecule has 2 aliphatic heterocycles. The van der Waals surface area contributed by atoms with Crippen LogP contribution in [0.2, 0.25) is 0 Å². The molecule has 1 amide bonds. The Morgan fingerprint density at radius 3 is 2.21 bits per heavy atom. The van der Waals surface area contributed by atoms with Gasteiger partial charge >= 0.3 is 0 Å². The number of piperidine rings is 2. The topological polar surface area (TPSA) is 35.6 Å². The van der Waals surface area contributed by atoms with Crippen molar-refractivity contribution >= 4 is 5.91 Å². The molecule has 0 saturated carbocycles. The van der Waals surface area contributed by atoms with Crippen molar-refractivity contribution in [1.82, 2.24) is 15.1 Å². The Morgan fingerprint density at radius 1 is 1.11 bits per heavy atom. The van der Waals surface area contributed by atoms with Crippen LogP contribution < -0.4 is 5.32 Å². The molecule has 0 spiro atoms. The zero-order valence-corrected chi connectivity index (χ0v) is 12.5. The predicted molar refractivity (Wildman–Crippen MR) is 78.1 cm³/mol. The van der Waals surface area contributed by atoms with Crippen molar-refractivity contribution in [2.75, 3.05) is 39.3 Å². The highest BCUT2D eigenvalue weighted by Gasteiger charge is 2.30. The highest BCUT2D eigenvalue weighted by atomic mass is 16.2. The SMILES string of the molecule is CCN(CC)C1CCN(C(=O)C2CCNCC2)CC1. The molecule has 0 aromatic carbocycles. The number of hydrogen-bond donors (Lipinski definition) is 1. The fourth-order valence-electron chi connectivity index (χ4n) is 3.52. The van der Waals surface area contributed by atoms with Gasteiger partial charge in [-0.2, -0.15) is 0 Å². The van der Waals surface area contributed by atoms with Gasteiger partial charge in [0.25, 0.3) is 0 Å². The third-order valence-electron chi connectivity index (χ3n) is 4.79. The van der Waals surface area contributed by atoms with Crippen molar-refractivity contribution < 1.29 is 4.79 Å². The molecule has 0 aromatic rings. The van der Waals surface area contributed by atoms with Crippen molar-refractivity contribution in [1.29, 1.82) is 0 Å². The number of amides is 1. The highest BCUT2D eigenvalue weighted by molar-refractivity contribution is 5.79. The van der Waals surface area contributed by atoms with Crippen LogP contribution >= 0.6 is 0 Å². The van der Waals surface area contributed by atoms with Crippen LogP contribution in [-0.2, 0) is 4.79 Å². The number of rotatable bonds is 4. The number of carbonyl (C=O) groups is 1. The standard InChI is InChI=1S/C15H29N3O/c1-3-17(4-2)14-7-11-18(12-8-14)15(19)13-5-9-16-10-6-13/h13-14,16H,3-12H2,1-2H3. The minimum Gasteiger partial charge on any atom is -0.342 e. The van der Waals surface area contributed by atoms with Crippen molar-refractivity contribution in [3.8, 4) is 0 Å². The van der Waals surface area contributed by atoms with E-state index in [9.17, 15) is 4.79 Å². The van der Waals surface area contributed by atoms with E-state index >= 15 is 0 Å². The Labute approximate surface area is 117 Å². The maximum absolute atomic E-state index is 12.5. The zero-order chi connectivity index (χ0) is 13.7.